The number of likely N-dealkylation sites (tertiary alicyclic amines) is 1. The second kappa shape index (κ2) is 4.28. The third-order valence-corrected chi connectivity index (χ3v) is 2.91. The molecular weight excluding hydrogens is 199 g/mol. The average Bonchev–Trinajstić information content (AvgIpc) is 2.75. The summed E-state index contributed by atoms with van der Waals surface area (Å²) in [5.41, 5.74) is 0.961. The normalized spacial score (nSPS) is 27.4. The Labute approximate surface area is 87.7 Å². The van der Waals surface area contributed by atoms with Crippen LogP contribution >= 0.6 is 0 Å². The van der Waals surface area contributed by atoms with Crippen LogP contribution in [0.2, 0.25) is 0 Å². The van der Waals surface area contributed by atoms with Crippen LogP contribution in [-0.2, 0) is 6.54 Å². The monoisotopic (exact) mass is 214 g/mol. The van der Waals surface area contributed by atoms with Crippen molar-refractivity contribution in [3.63, 3.8) is 0 Å². The van der Waals surface area contributed by atoms with Crippen molar-refractivity contribution in [2.45, 2.75) is 32.1 Å². The quantitative estimate of drug-likeness (QED) is 0.811. The molecule has 0 radical (unpaired) electrons. The predicted octanol–water partition coefficient (Wildman–Crippen LogP) is 0.888. The average molecular weight is 214 g/mol. The van der Waals surface area contributed by atoms with E-state index in [1.165, 1.54) is 0 Å². The van der Waals surface area contributed by atoms with E-state index in [2.05, 4.69) is 5.16 Å². The maximum Gasteiger partial charge on any atom is 0.138 e. The van der Waals surface area contributed by atoms with Crippen LogP contribution in [0, 0.1) is 6.92 Å². The van der Waals surface area contributed by atoms with E-state index in [4.69, 9.17) is 9.63 Å². The molecule has 5 heteroatoms. The highest BCUT2D eigenvalue weighted by Gasteiger charge is 2.31. The molecule has 0 saturated carbocycles. The highest BCUT2D eigenvalue weighted by atomic mass is 19.1. The van der Waals surface area contributed by atoms with Gasteiger partial charge in [0, 0.05) is 24.7 Å². The highest BCUT2D eigenvalue weighted by molar-refractivity contribution is 5.12. The maximum absolute atomic E-state index is 13.1. The molecule has 4 nitrogen and oxygen atoms in total. The Bertz CT molecular complexity index is 329. The minimum absolute atomic E-state index is 0.00471. The minimum atomic E-state index is -0.831. The van der Waals surface area contributed by atoms with Gasteiger partial charge < -0.3 is 9.63 Å². The van der Waals surface area contributed by atoms with Crippen LogP contribution in [0.25, 0.3) is 0 Å². The number of nitrogens with zero attached hydrogens (tertiary/aromatic N) is 2. The Morgan fingerprint density at radius 1 is 1.73 bits per heavy atom. The lowest BCUT2D eigenvalue weighted by atomic mass is 10.2. The van der Waals surface area contributed by atoms with Crippen LogP contribution in [0.5, 0.6) is 0 Å². The SMILES string of the molecule is Cc1oncc1CN1C[C@@H](F)C[C@H]1CO. The van der Waals surface area contributed by atoms with E-state index in [0.717, 1.165) is 11.3 Å². The van der Waals surface area contributed by atoms with Gasteiger partial charge in [-0.05, 0) is 13.3 Å². The molecule has 0 aliphatic carbocycles. The number of hydrogen-bond donors (Lipinski definition) is 1. The van der Waals surface area contributed by atoms with Crippen molar-refractivity contribution in [2.75, 3.05) is 13.2 Å². The summed E-state index contributed by atoms with van der Waals surface area (Å²) in [4.78, 5) is 1.93. The first-order valence-corrected chi connectivity index (χ1v) is 5.10. The number of aliphatic hydroxyl groups excluding tert-OH is 1. The first-order chi connectivity index (χ1) is 7.20. The standard InChI is InChI=1S/C10H15FN2O2/c1-7-8(3-12-15-7)4-13-5-9(11)2-10(13)6-14/h3,9-10,14H,2,4-6H2,1H3/t9-,10-/m0/s1. The molecule has 2 rings (SSSR count). The Balaban J connectivity index is 2.02. The maximum atomic E-state index is 13.1. The summed E-state index contributed by atoms with van der Waals surface area (Å²) in [6, 6.07) is -0.0747. The van der Waals surface area contributed by atoms with Gasteiger partial charge in [0.05, 0.1) is 12.8 Å². The molecule has 0 bridgehead atoms. The third kappa shape index (κ3) is 2.18. The summed E-state index contributed by atoms with van der Waals surface area (Å²) in [6.45, 7) is 2.82. The molecule has 1 aromatic heterocycles. The van der Waals surface area contributed by atoms with Crippen LogP contribution in [0.3, 0.4) is 0 Å². The van der Waals surface area contributed by atoms with Crippen LogP contribution in [0.15, 0.2) is 10.7 Å². The van der Waals surface area contributed by atoms with E-state index in [1.807, 2.05) is 11.8 Å². The number of aromatic nitrogens is 1. The fraction of sp³-hybridized carbons (Fsp3) is 0.700. The van der Waals surface area contributed by atoms with Crippen molar-refractivity contribution < 1.29 is 14.0 Å². The first kappa shape index (κ1) is 10.6. The molecule has 1 N–H and O–H groups in total. The molecule has 84 valence electrons. The van der Waals surface area contributed by atoms with Crippen molar-refractivity contribution in [1.82, 2.24) is 10.1 Å². The van der Waals surface area contributed by atoms with Crippen molar-refractivity contribution in [1.29, 1.82) is 0 Å². The molecule has 1 fully saturated rings. The Hall–Kier alpha value is -0.940. The van der Waals surface area contributed by atoms with Gasteiger partial charge in [-0.25, -0.2) is 4.39 Å². The molecule has 1 aliphatic rings. The first-order valence-electron chi connectivity index (χ1n) is 5.10. The zero-order valence-corrected chi connectivity index (χ0v) is 8.69. The van der Waals surface area contributed by atoms with Gasteiger partial charge in [0.2, 0.25) is 0 Å². The molecular formula is C10H15FN2O2. The fourth-order valence-corrected chi connectivity index (χ4v) is 2.00. The lowest BCUT2D eigenvalue weighted by Gasteiger charge is -2.21. The second-order valence-corrected chi connectivity index (χ2v) is 4.01. The van der Waals surface area contributed by atoms with E-state index in [9.17, 15) is 4.39 Å². The fourth-order valence-electron chi connectivity index (χ4n) is 2.00. The van der Waals surface area contributed by atoms with Gasteiger partial charge in [-0.2, -0.15) is 0 Å². The van der Waals surface area contributed by atoms with Crippen molar-refractivity contribution in [3.05, 3.63) is 17.5 Å². The molecule has 0 spiro atoms. The number of aryl methyl sites for hydroxylation is 1. The van der Waals surface area contributed by atoms with Gasteiger partial charge in [0.25, 0.3) is 0 Å². The number of halogens is 1. The number of alkyl halides is 1. The molecule has 0 aromatic carbocycles. The van der Waals surface area contributed by atoms with Gasteiger partial charge in [0.1, 0.15) is 11.9 Å². The topological polar surface area (TPSA) is 49.5 Å². The molecule has 0 amide bonds. The molecule has 1 saturated heterocycles. The van der Waals surface area contributed by atoms with Gasteiger partial charge in [-0.1, -0.05) is 5.16 Å². The van der Waals surface area contributed by atoms with Crippen LogP contribution < -0.4 is 0 Å². The number of rotatable bonds is 3. The Morgan fingerprint density at radius 3 is 3.13 bits per heavy atom. The zero-order chi connectivity index (χ0) is 10.8. The summed E-state index contributed by atoms with van der Waals surface area (Å²) in [6.07, 6.45) is 1.23. The molecule has 2 heterocycles. The van der Waals surface area contributed by atoms with E-state index >= 15 is 0 Å². The second-order valence-electron chi connectivity index (χ2n) is 4.01. The third-order valence-electron chi connectivity index (χ3n) is 2.91. The lowest BCUT2D eigenvalue weighted by molar-refractivity contribution is 0.152. The van der Waals surface area contributed by atoms with Gasteiger partial charge in [-0.15, -0.1) is 0 Å². The summed E-state index contributed by atoms with van der Waals surface area (Å²) in [5.74, 6) is 0.758. The van der Waals surface area contributed by atoms with Crippen molar-refractivity contribution in [2.24, 2.45) is 0 Å². The lowest BCUT2D eigenvalue weighted by Crippen LogP contribution is -2.31. The van der Waals surface area contributed by atoms with E-state index < -0.39 is 6.17 Å². The van der Waals surface area contributed by atoms with Crippen molar-refractivity contribution >= 4 is 0 Å². The van der Waals surface area contributed by atoms with Crippen LogP contribution in [-0.4, -0.2) is 40.5 Å². The predicted molar refractivity (Wildman–Crippen MR) is 52.0 cm³/mol. The van der Waals surface area contributed by atoms with Crippen LogP contribution in [0.4, 0.5) is 4.39 Å². The Kier molecular flexibility index (Phi) is 3.02. The molecule has 0 unspecified atom stereocenters. The number of hydrogen-bond acceptors (Lipinski definition) is 4. The zero-order valence-electron chi connectivity index (χ0n) is 8.69. The van der Waals surface area contributed by atoms with Gasteiger partial charge in [0.15, 0.2) is 0 Å². The van der Waals surface area contributed by atoms with Gasteiger partial charge in [-0.3, -0.25) is 4.90 Å². The smallest absolute Gasteiger partial charge is 0.138 e. The van der Waals surface area contributed by atoms with Gasteiger partial charge >= 0.3 is 0 Å². The Morgan fingerprint density at radius 2 is 2.53 bits per heavy atom. The largest absolute Gasteiger partial charge is 0.395 e. The molecule has 1 aromatic rings. The summed E-state index contributed by atoms with van der Waals surface area (Å²) >= 11 is 0. The molecule has 1 aliphatic heterocycles. The summed E-state index contributed by atoms with van der Waals surface area (Å²) < 4.78 is 18.1. The molecule has 2 atom stereocenters. The van der Waals surface area contributed by atoms with Crippen molar-refractivity contribution in [3.8, 4) is 0 Å². The molecule has 15 heavy (non-hydrogen) atoms. The minimum Gasteiger partial charge on any atom is -0.395 e. The highest BCUT2D eigenvalue weighted by Crippen LogP contribution is 2.23. The van der Waals surface area contributed by atoms with E-state index in [0.29, 0.717) is 19.5 Å². The summed E-state index contributed by atoms with van der Waals surface area (Å²) in [7, 11) is 0. The van der Waals surface area contributed by atoms with E-state index in [-0.39, 0.29) is 12.6 Å². The van der Waals surface area contributed by atoms with E-state index in [1.54, 1.807) is 6.20 Å². The number of aliphatic hydroxyl groups is 1. The van der Waals surface area contributed by atoms with Crippen LogP contribution in [0.1, 0.15) is 17.7 Å². The summed E-state index contributed by atoms with van der Waals surface area (Å²) in [5, 5.41) is 12.8.